The first-order valence-electron chi connectivity index (χ1n) is 6.97. The lowest BCUT2D eigenvalue weighted by Gasteiger charge is -2.23. The van der Waals surface area contributed by atoms with Crippen molar-refractivity contribution in [3.63, 3.8) is 0 Å². The van der Waals surface area contributed by atoms with Gasteiger partial charge in [-0.3, -0.25) is 4.79 Å². The lowest BCUT2D eigenvalue weighted by Crippen LogP contribution is -2.29. The maximum absolute atomic E-state index is 12.4. The summed E-state index contributed by atoms with van der Waals surface area (Å²) in [6, 6.07) is 13.6. The van der Waals surface area contributed by atoms with Gasteiger partial charge in [-0.1, -0.05) is 47.5 Å². The van der Waals surface area contributed by atoms with E-state index in [0.29, 0.717) is 23.0 Å². The molecule has 0 saturated carbocycles. The number of fused-ring (bicyclic) bond motifs is 1. The number of carbonyl (C=O) groups is 1. The van der Waals surface area contributed by atoms with Gasteiger partial charge in [-0.25, -0.2) is 0 Å². The van der Waals surface area contributed by atoms with E-state index in [9.17, 15) is 4.79 Å². The number of aryl methyl sites for hydroxylation is 1. The normalized spacial score (nSPS) is 14.8. The third kappa shape index (κ3) is 3.07. The molecule has 0 atom stereocenters. The van der Waals surface area contributed by atoms with Crippen molar-refractivity contribution in [2.24, 2.45) is 0 Å². The molecule has 108 valence electrons. The van der Waals surface area contributed by atoms with Crippen LogP contribution in [0.25, 0.3) is 0 Å². The van der Waals surface area contributed by atoms with Crippen LogP contribution in [-0.2, 0) is 17.8 Å². The quantitative estimate of drug-likeness (QED) is 0.773. The van der Waals surface area contributed by atoms with Gasteiger partial charge in [0.25, 0.3) is 0 Å². The minimum absolute atomic E-state index is 0.158. The van der Waals surface area contributed by atoms with Gasteiger partial charge < -0.3 is 4.90 Å². The van der Waals surface area contributed by atoms with Crippen molar-refractivity contribution in [2.45, 2.75) is 25.8 Å². The average molecular weight is 320 g/mol. The largest absolute Gasteiger partial charge is 0.308 e. The Morgan fingerprint density at radius 3 is 2.62 bits per heavy atom. The first-order valence-corrected chi connectivity index (χ1v) is 7.73. The second-order valence-electron chi connectivity index (χ2n) is 5.21. The third-order valence-electron chi connectivity index (χ3n) is 3.74. The number of carbonyl (C=O) groups excluding carboxylic acids is 1. The maximum Gasteiger partial charge on any atom is 0.227 e. The third-order valence-corrected chi connectivity index (χ3v) is 4.48. The number of halogens is 2. The van der Waals surface area contributed by atoms with Crippen molar-refractivity contribution in [3.8, 4) is 0 Å². The molecule has 2 nitrogen and oxygen atoms in total. The summed E-state index contributed by atoms with van der Waals surface area (Å²) in [5, 5.41) is 1.05. The van der Waals surface area contributed by atoms with Crippen LogP contribution in [-0.4, -0.2) is 5.91 Å². The number of anilines is 1. The molecule has 1 aliphatic rings. The van der Waals surface area contributed by atoms with E-state index in [-0.39, 0.29) is 5.91 Å². The second-order valence-corrected chi connectivity index (χ2v) is 6.03. The molecule has 21 heavy (non-hydrogen) atoms. The molecule has 0 saturated heterocycles. The first-order chi connectivity index (χ1) is 10.1. The summed E-state index contributed by atoms with van der Waals surface area (Å²) in [7, 11) is 0. The second kappa shape index (κ2) is 6.08. The summed E-state index contributed by atoms with van der Waals surface area (Å²) < 4.78 is 0. The Morgan fingerprint density at radius 1 is 1.00 bits per heavy atom. The van der Waals surface area contributed by atoms with Crippen LogP contribution in [0.15, 0.2) is 42.5 Å². The lowest BCUT2D eigenvalue weighted by molar-refractivity contribution is -0.118. The molecule has 0 aromatic heterocycles. The Labute approximate surface area is 134 Å². The Hall–Kier alpha value is -1.51. The van der Waals surface area contributed by atoms with Gasteiger partial charge in [-0.2, -0.15) is 0 Å². The number of rotatable bonds is 2. The highest BCUT2D eigenvalue weighted by Gasteiger charge is 2.22. The molecule has 1 aliphatic heterocycles. The van der Waals surface area contributed by atoms with Gasteiger partial charge in [0.2, 0.25) is 5.91 Å². The lowest BCUT2D eigenvalue weighted by atomic mass is 10.1. The van der Waals surface area contributed by atoms with Gasteiger partial charge in [0.05, 0.1) is 16.6 Å². The Morgan fingerprint density at radius 2 is 1.81 bits per heavy atom. The molecular weight excluding hydrogens is 305 g/mol. The zero-order valence-electron chi connectivity index (χ0n) is 11.5. The number of amides is 1. The van der Waals surface area contributed by atoms with Crippen LogP contribution in [0.2, 0.25) is 10.0 Å². The molecule has 0 N–H and O–H groups in total. The minimum Gasteiger partial charge on any atom is -0.308 e. The molecule has 2 aromatic rings. The highest BCUT2D eigenvalue weighted by Crippen LogP contribution is 2.29. The number of hydrogen-bond donors (Lipinski definition) is 0. The summed E-state index contributed by atoms with van der Waals surface area (Å²) >= 11 is 12.0. The Balaban J connectivity index is 1.95. The summed E-state index contributed by atoms with van der Waals surface area (Å²) in [6.45, 7) is 0.521. The van der Waals surface area contributed by atoms with E-state index in [4.69, 9.17) is 23.2 Å². The molecule has 0 spiro atoms. The molecule has 0 radical (unpaired) electrons. The zero-order chi connectivity index (χ0) is 14.8. The van der Waals surface area contributed by atoms with E-state index in [2.05, 4.69) is 6.07 Å². The fraction of sp³-hybridized carbons (Fsp3) is 0.235. The molecule has 0 fully saturated rings. The van der Waals surface area contributed by atoms with Crippen LogP contribution in [0, 0.1) is 0 Å². The van der Waals surface area contributed by atoms with E-state index in [1.165, 1.54) is 5.56 Å². The van der Waals surface area contributed by atoms with Gasteiger partial charge in [-0.15, -0.1) is 0 Å². The Kier molecular flexibility index (Phi) is 4.18. The van der Waals surface area contributed by atoms with Gasteiger partial charge in [0.1, 0.15) is 0 Å². The highest BCUT2D eigenvalue weighted by atomic mass is 35.5. The molecule has 1 heterocycles. The van der Waals surface area contributed by atoms with Gasteiger partial charge in [0, 0.05) is 12.1 Å². The molecule has 0 unspecified atom stereocenters. The fourth-order valence-electron chi connectivity index (χ4n) is 2.68. The Bertz CT molecular complexity index is 684. The average Bonchev–Trinajstić information content (AvgIpc) is 2.63. The van der Waals surface area contributed by atoms with Crippen LogP contribution < -0.4 is 4.90 Å². The van der Waals surface area contributed by atoms with E-state index < -0.39 is 0 Å². The molecule has 3 rings (SSSR count). The van der Waals surface area contributed by atoms with Crippen LogP contribution in [0.5, 0.6) is 0 Å². The summed E-state index contributed by atoms with van der Waals surface area (Å²) in [5.41, 5.74) is 3.21. The number of nitrogens with zero attached hydrogens (tertiary/aromatic N) is 1. The SMILES string of the molecule is O=C1CCCc2ccccc2N1Cc1ccc(Cl)c(Cl)c1. The van der Waals surface area contributed by atoms with E-state index in [0.717, 1.165) is 24.1 Å². The smallest absolute Gasteiger partial charge is 0.227 e. The van der Waals surface area contributed by atoms with E-state index in [1.807, 2.05) is 35.2 Å². The summed E-state index contributed by atoms with van der Waals surface area (Å²) in [6.07, 6.45) is 2.42. The monoisotopic (exact) mass is 319 g/mol. The fourth-order valence-corrected chi connectivity index (χ4v) is 3.00. The number of para-hydroxylation sites is 1. The van der Waals surface area contributed by atoms with Crippen molar-refractivity contribution in [1.29, 1.82) is 0 Å². The van der Waals surface area contributed by atoms with Crippen LogP contribution in [0.4, 0.5) is 5.69 Å². The minimum atomic E-state index is 0.158. The van der Waals surface area contributed by atoms with Crippen molar-refractivity contribution in [3.05, 3.63) is 63.6 Å². The van der Waals surface area contributed by atoms with Crippen LogP contribution in [0.1, 0.15) is 24.0 Å². The molecule has 0 aliphatic carbocycles. The standard InChI is InChI=1S/C17H15Cl2NO/c18-14-9-8-12(10-15(14)19)11-20-16-6-2-1-4-13(16)5-3-7-17(20)21/h1-2,4,6,8-10H,3,5,7,11H2. The van der Waals surface area contributed by atoms with Crippen LogP contribution in [0.3, 0.4) is 0 Å². The van der Waals surface area contributed by atoms with Crippen molar-refractivity contribution in [1.82, 2.24) is 0 Å². The summed E-state index contributed by atoms with van der Waals surface area (Å²) in [4.78, 5) is 14.2. The predicted molar refractivity (Wildman–Crippen MR) is 87.0 cm³/mol. The molecule has 0 bridgehead atoms. The van der Waals surface area contributed by atoms with Crippen molar-refractivity contribution < 1.29 is 4.79 Å². The maximum atomic E-state index is 12.4. The van der Waals surface area contributed by atoms with Gasteiger partial charge >= 0.3 is 0 Å². The van der Waals surface area contributed by atoms with Crippen molar-refractivity contribution in [2.75, 3.05) is 4.90 Å². The van der Waals surface area contributed by atoms with E-state index >= 15 is 0 Å². The zero-order valence-corrected chi connectivity index (χ0v) is 13.0. The van der Waals surface area contributed by atoms with Crippen molar-refractivity contribution >= 4 is 34.8 Å². The first kappa shape index (κ1) is 14.4. The predicted octanol–water partition coefficient (Wildman–Crippen LogP) is 4.86. The molecule has 2 aromatic carbocycles. The molecule has 4 heteroatoms. The highest BCUT2D eigenvalue weighted by molar-refractivity contribution is 6.42. The van der Waals surface area contributed by atoms with E-state index in [1.54, 1.807) is 6.07 Å². The van der Waals surface area contributed by atoms with Crippen LogP contribution >= 0.6 is 23.2 Å². The number of benzene rings is 2. The van der Waals surface area contributed by atoms with Gasteiger partial charge in [-0.05, 0) is 42.2 Å². The molecule has 1 amide bonds. The number of hydrogen-bond acceptors (Lipinski definition) is 1. The summed E-state index contributed by atoms with van der Waals surface area (Å²) in [5.74, 6) is 0.158. The molecular formula is C17H15Cl2NO. The topological polar surface area (TPSA) is 20.3 Å². The van der Waals surface area contributed by atoms with Gasteiger partial charge in [0.15, 0.2) is 0 Å².